The van der Waals surface area contributed by atoms with E-state index in [0.717, 1.165) is 22.4 Å². The third-order valence-electron chi connectivity index (χ3n) is 4.99. The molecular weight excluding hydrogens is 340 g/mol. The summed E-state index contributed by atoms with van der Waals surface area (Å²) in [4.78, 5) is 30.2. The Bertz CT molecular complexity index is 1010. The third kappa shape index (κ3) is 2.97. The van der Waals surface area contributed by atoms with Crippen molar-refractivity contribution in [2.75, 3.05) is 4.90 Å². The maximum Gasteiger partial charge on any atom is 0.310 e. The Morgan fingerprint density at radius 2 is 1.89 bits per heavy atom. The fourth-order valence-electron chi connectivity index (χ4n) is 3.42. The van der Waals surface area contributed by atoms with E-state index in [1.807, 2.05) is 42.5 Å². The van der Waals surface area contributed by atoms with E-state index < -0.39 is 11.9 Å². The van der Waals surface area contributed by atoms with Crippen LogP contribution in [0.4, 0.5) is 5.69 Å². The van der Waals surface area contributed by atoms with Crippen LogP contribution in [0.3, 0.4) is 0 Å². The quantitative estimate of drug-likeness (QED) is 0.762. The molecule has 5 nitrogen and oxygen atoms in total. The minimum Gasteiger partial charge on any atom is -0.481 e. The second kappa shape index (κ2) is 6.68. The summed E-state index contributed by atoms with van der Waals surface area (Å²) >= 11 is 0. The molecule has 2 aromatic carbocycles. The van der Waals surface area contributed by atoms with Crippen molar-refractivity contribution in [3.63, 3.8) is 0 Å². The van der Waals surface area contributed by atoms with Gasteiger partial charge in [-0.2, -0.15) is 0 Å². The molecule has 134 valence electrons. The van der Waals surface area contributed by atoms with Crippen molar-refractivity contribution in [3.05, 3.63) is 83.7 Å². The Balaban J connectivity index is 1.68. The minimum absolute atomic E-state index is 0.0523. The Kier molecular flexibility index (Phi) is 4.20. The van der Waals surface area contributed by atoms with Crippen molar-refractivity contribution in [3.8, 4) is 11.1 Å². The lowest BCUT2D eigenvalue weighted by molar-refractivity contribution is -0.138. The fraction of sp³-hybridized carbons (Fsp3) is 0.136. The highest BCUT2D eigenvalue weighted by Crippen LogP contribution is 2.35. The largest absolute Gasteiger partial charge is 0.481 e. The van der Waals surface area contributed by atoms with Crippen LogP contribution in [0.2, 0.25) is 0 Å². The summed E-state index contributed by atoms with van der Waals surface area (Å²) in [5.41, 5.74) is 4.94. The minimum atomic E-state index is -0.867. The zero-order valence-electron chi connectivity index (χ0n) is 14.8. The van der Waals surface area contributed by atoms with Gasteiger partial charge < -0.3 is 10.0 Å². The summed E-state index contributed by atoms with van der Waals surface area (Å²) < 4.78 is 0. The average molecular weight is 358 g/mol. The van der Waals surface area contributed by atoms with Crippen LogP contribution in [0.15, 0.2) is 67.0 Å². The zero-order valence-corrected chi connectivity index (χ0v) is 14.8. The number of carboxylic acid groups (broad SMARTS) is 1. The van der Waals surface area contributed by atoms with Crippen LogP contribution >= 0.6 is 0 Å². The van der Waals surface area contributed by atoms with Gasteiger partial charge in [0.1, 0.15) is 0 Å². The molecule has 0 saturated carbocycles. The van der Waals surface area contributed by atoms with Crippen LogP contribution in [-0.2, 0) is 11.3 Å². The third-order valence-corrected chi connectivity index (χ3v) is 4.99. The van der Waals surface area contributed by atoms with E-state index in [2.05, 4.69) is 4.98 Å². The van der Waals surface area contributed by atoms with Gasteiger partial charge in [-0.15, -0.1) is 0 Å². The molecule has 4 rings (SSSR count). The summed E-state index contributed by atoms with van der Waals surface area (Å²) in [5, 5.41) is 9.15. The molecule has 0 spiro atoms. The van der Waals surface area contributed by atoms with Crippen LogP contribution in [-0.4, -0.2) is 22.0 Å². The lowest BCUT2D eigenvalue weighted by Crippen LogP contribution is -2.23. The highest BCUT2D eigenvalue weighted by molar-refractivity contribution is 6.14. The van der Waals surface area contributed by atoms with Gasteiger partial charge in [-0.25, -0.2) is 0 Å². The second-order valence-electron chi connectivity index (χ2n) is 6.62. The summed E-state index contributed by atoms with van der Waals surface area (Å²) in [7, 11) is 0. The number of hydrogen-bond donors (Lipinski definition) is 1. The molecule has 27 heavy (non-hydrogen) atoms. The molecule has 1 atom stereocenters. The van der Waals surface area contributed by atoms with Crippen molar-refractivity contribution < 1.29 is 14.7 Å². The van der Waals surface area contributed by atoms with Crippen molar-refractivity contribution in [1.82, 2.24) is 4.98 Å². The van der Waals surface area contributed by atoms with Crippen LogP contribution < -0.4 is 4.90 Å². The number of rotatable bonds is 4. The lowest BCUT2D eigenvalue weighted by Gasteiger charge is -2.17. The van der Waals surface area contributed by atoms with E-state index in [-0.39, 0.29) is 5.91 Å². The summed E-state index contributed by atoms with van der Waals surface area (Å²) in [6.07, 6.45) is 3.47. The first-order valence-corrected chi connectivity index (χ1v) is 8.73. The number of anilines is 1. The molecule has 0 radical (unpaired) electrons. The predicted molar refractivity (Wildman–Crippen MR) is 103 cm³/mol. The molecule has 1 aromatic heterocycles. The summed E-state index contributed by atoms with van der Waals surface area (Å²) in [6, 6.07) is 16.8. The van der Waals surface area contributed by atoms with Gasteiger partial charge in [0, 0.05) is 23.6 Å². The number of hydrogen-bond acceptors (Lipinski definition) is 3. The van der Waals surface area contributed by atoms with Crippen molar-refractivity contribution in [2.45, 2.75) is 19.4 Å². The van der Waals surface area contributed by atoms with E-state index in [4.69, 9.17) is 5.11 Å². The second-order valence-corrected chi connectivity index (χ2v) is 6.62. The molecule has 2 heterocycles. The number of carbonyl (C=O) groups is 2. The van der Waals surface area contributed by atoms with Crippen LogP contribution in [0.1, 0.15) is 34.3 Å². The number of aromatic nitrogens is 1. The van der Waals surface area contributed by atoms with Gasteiger partial charge in [0.15, 0.2) is 0 Å². The first-order chi connectivity index (χ1) is 13.1. The molecule has 0 saturated heterocycles. The van der Waals surface area contributed by atoms with E-state index in [1.165, 1.54) is 0 Å². The van der Waals surface area contributed by atoms with Gasteiger partial charge in [-0.05, 0) is 41.8 Å². The number of nitrogens with zero attached hydrogens (tertiary/aromatic N) is 2. The first kappa shape index (κ1) is 17.0. The van der Waals surface area contributed by atoms with Crippen molar-refractivity contribution >= 4 is 17.6 Å². The fourth-order valence-corrected chi connectivity index (χ4v) is 3.42. The van der Waals surface area contributed by atoms with Crippen LogP contribution in [0.5, 0.6) is 0 Å². The molecule has 0 fully saturated rings. The Morgan fingerprint density at radius 3 is 2.56 bits per heavy atom. The van der Waals surface area contributed by atoms with E-state index in [0.29, 0.717) is 17.7 Å². The Morgan fingerprint density at radius 1 is 1.11 bits per heavy atom. The molecule has 0 bridgehead atoms. The number of benzene rings is 2. The molecular formula is C22H18N2O3. The maximum atomic E-state index is 13.1. The van der Waals surface area contributed by atoms with Crippen LogP contribution in [0, 0.1) is 0 Å². The van der Waals surface area contributed by atoms with Gasteiger partial charge in [-0.1, -0.05) is 36.4 Å². The first-order valence-electron chi connectivity index (χ1n) is 8.73. The van der Waals surface area contributed by atoms with Gasteiger partial charge in [0.2, 0.25) is 0 Å². The van der Waals surface area contributed by atoms with Gasteiger partial charge in [0.05, 0.1) is 18.0 Å². The maximum absolute atomic E-state index is 13.1. The molecule has 5 heteroatoms. The number of amides is 1. The van der Waals surface area contributed by atoms with Gasteiger partial charge in [0.25, 0.3) is 5.91 Å². The number of carboxylic acids is 1. The predicted octanol–water partition coefficient (Wildman–Crippen LogP) is 4.10. The van der Waals surface area contributed by atoms with E-state index >= 15 is 0 Å². The number of aliphatic carboxylic acids is 1. The SMILES string of the molecule is CC(C(=O)O)c1ccc(N2Cc3cccc(-c4cccnc4)c3C2=O)cc1. The molecule has 3 aromatic rings. The Hall–Kier alpha value is -3.47. The Labute approximate surface area is 156 Å². The van der Waals surface area contributed by atoms with Gasteiger partial charge >= 0.3 is 5.97 Å². The smallest absolute Gasteiger partial charge is 0.310 e. The molecule has 1 aliphatic heterocycles. The monoisotopic (exact) mass is 358 g/mol. The average Bonchev–Trinajstić information content (AvgIpc) is 3.05. The molecule has 1 aliphatic rings. The normalized spacial score (nSPS) is 14.1. The highest BCUT2D eigenvalue weighted by atomic mass is 16.4. The summed E-state index contributed by atoms with van der Waals surface area (Å²) in [5.74, 6) is -1.50. The van der Waals surface area contributed by atoms with E-state index in [9.17, 15) is 9.59 Å². The molecule has 1 unspecified atom stereocenters. The standard InChI is InChI=1S/C22H18N2O3/c1-14(22(26)27)15-7-9-18(10-8-15)24-13-17-4-2-6-19(20(17)21(24)25)16-5-3-11-23-12-16/h2-12,14H,13H2,1H3,(H,26,27). The zero-order chi connectivity index (χ0) is 19.0. The number of pyridine rings is 1. The van der Waals surface area contributed by atoms with Crippen molar-refractivity contribution in [1.29, 1.82) is 0 Å². The lowest BCUT2D eigenvalue weighted by atomic mass is 9.98. The van der Waals surface area contributed by atoms with E-state index in [1.54, 1.807) is 36.4 Å². The topological polar surface area (TPSA) is 70.5 Å². The van der Waals surface area contributed by atoms with Gasteiger partial charge in [-0.3, -0.25) is 14.6 Å². The highest BCUT2D eigenvalue weighted by Gasteiger charge is 2.31. The van der Waals surface area contributed by atoms with Crippen molar-refractivity contribution in [2.24, 2.45) is 0 Å². The molecule has 1 N–H and O–H groups in total. The number of carbonyl (C=O) groups excluding carboxylic acids is 1. The number of fused-ring (bicyclic) bond motifs is 1. The molecule has 1 amide bonds. The molecule has 0 aliphatic carbocycles. The van der Waals surface area contributed by atoms with Crippen LogP contribution in [0.25, 0.3) is 11.1 Å². The summed E-state index contributed by atoms with van der Waals surface area (Å²) in [6.45, 7) is 2.14.